The number of ether oxygens (including phenoxy) is 1. The molecule has 6 nitrogen and oxygen atoms in total. The van der Waals surface area contributed by atoms with E-state index in [1.807, 2.05) is 13.8 Å². The molecule has 19 heavy (non-hydrogen) atoms. The molecule has 0 bridgehead atoms. The molecule has 0 spiro atoms. The maximum absolute atomic E-state index is 11.2. The molecule has 0 radical (unpaired) electrons. The number of carboxylic acid groups (broad SMARTS) is 1. The van der Waals surface area contributed by atoms with Gasteiger partial charge in [-0.2, -0.15) is 0 Å². The summed E-state index contributed by atoms with van der Waals surface area (Å²) in [6.45, 7) is 6.48. The SMILES string of the molecule is CCCOc1cc(NCC(C)(CC)C(=O)O)ncn1. The lowest BCUT2D eigenvalue weighted by atomic mass is 9.88. The van der Waals surface area contributed by atoms with Crippen molar-refractivity contribution in [3.8, 4) is 5.88 Å². The molecule has 6 heteroatoms. The van der Waals surface area contributed by atoms with Crippen LogP contribution < -0.4 is 10.1 Å². The second kappa shape index (κ2) is 6.92. The number of hydrogen-bond donors (Lipinski definition) is 2. The first kappa shape index (κ1) is 15.2. The Morgan fingerprint density at radius 3 is 2.79 bits per heavy atom. The van der Waals surface area contributed by atoms with Gasteiger partial charge in [-0.15, -0.1) is 0 Å². The fraction of sp³-hybridized carbons (Fsp3) is 0.615. The van der Waals surface area contributed by atoms with Gasteiger partial charge < -0.3 is 15.2 Å². The largest absolute Gasteiger partial charge is 0.481 e. The number of nitrogens with zero attached hydrogens (tertiary/aromatic N) is 2. The molecule has 1 aromatic heterocycles. The lowest BCUT2D eigenvalue weighted by molar-refractivity contribution is -0.147. The highest BCUT2D eigenvalue weighted by molar-refractivity contribution is 5.74. The Kier molecular flexibility index (Phi) is 5.54. The summed E-state index contributed by atoms with van der Waals surface area (Å²) in [5, 5.41) is 12.2. The number of aliphatic carboxylic acids is 1. The minimum absolute atomic E-state index is 0.309. The van der Waals surface area contributed by atoms with E-state index in [-0.39, 0.29) is 0 Å². The van der Waals surface area contributed by atoms with Crippen LogP contribution in [0.2, 0.25) is 0 Å². The molecule has 0 saturated carbocycles. The van der Waals surface area contributed by atoms with E-state index >= 15 is 0 Å². The molecule has 2 N–H and O–H groups in total. The summed E-state index contributed by atoms with van der Waals surface area (Å²) in [6.07, 6.45) is 2.84. The smallest absolute Gasteiger partial charge is 0.311 e. The highest BCUT2D eigenvalue weighted by Gasteiger charge is 2.30. The van der Waals surface area contributed by atoms with Crippen molar-refractivity contribution in [1.29, 1.82) is 0 Å². The third-order valence-electron chi connectivity index (χ3n) is 3.05. The molecule has 0 saturated heterocycles. The highest BCUT2D eigenvalue weighted by Crippen LogP contribution is 2.22. The summed E-state index contributed by atoms with van der Waals surface area (Å²) in [6, 6.07) is 1.67. The monoisotopic (exact) mass is 267 g/mol. The molecule has 0 aliphatic heterocycles. The van der Waals surface area contributed by atoms with Crippen LogP contribution in [0.3, 0.4) is 0 Å². The van der Waals surface area contributed by atoms with Crippen LogP contribution in [0, 0.1) is 5.41 Å². The predicted molar refractivity (Wildman–Crippen MR) is 72.3 cm³/mol. The molecule has 1 unspecified atom stereocenters. The first-order valence-corrected chi connectivity index (χ1v) is 6.44. The molecule has 1 aromatic rings. The summed E-state index contributed by atoms with van der Waals surface area (Å²) < 4.78 is 5.39. The van der Waals surface area contributed by atoms with Crippen molar-refractivity contribution >= 4 is 11.8 Å². The number of carbonyl (C=O) groups is 1. The van der Waals surface area contributed by atoms with Gasteiger partial charge in [-0.25, -0.2) is 9.97 Å². The quantitative estimate of drug-likeness (QED) is 0.751. The van der Waals surface area contributed by atoms with Gasteiger partial charge in [-0.3, -0.25) is 4.79 Å². The molecule has 1 heterocycles. The summed E-state index contributed by atoms with van der Waals surface area (Å²) in [5.74, 6) is 0.244. The standard InChI is InChI=1S/C13H21N3O3/c1-4-6-19-11-7-10(15-9-16-11)14-8-13(3,5-2)12(17)18/h7,9H,4-6,8H2,1-3H3,(H,17,18)(H,14,15,16). The van der Waals surface area contributed by atoms with Crippen LogP contribution in [0.15, 0.2) is 12.4 Å². The molecule has 0 aliphatic rings. The van der Waals surface area contributed by atoms with Gasteiger partial charge >= 0.3 is 5.97 Å². The van der Waals surface area contributed by atoms with Crippen molar-refractivity contribution in [3.05, 3.63) is 12.4 Å². The number of anilines is 1. The van der Waals surface area contributed by atoms with Crippen LogP contribution in [-0.4, -0.2) is 34.2 Å². The minimum Gasteiger partial charge on any atom is -0.481 e. The number of aromatic nitrogens is 2. The van der Waals surface area contributed by atoms with Crippen molar-refractivity contribution in [1.82, 2.24) is 9.97 Å². The van der Waals surface area contributed by atoms with E-state index in [1.54, 1.807) is 13.0 Å². The molecule has 1 atom stereocenters. The van der Waals surface area contributed by atoms with Crippen molar-refractivity contribution in [2.45, 2.75) is 33.6 Å². The Hall–Kier alpha value is -1.85. The summed E-state index contributed by atoms with van der Waals surface area (Å²) >= 11 is 0. The van der Waals surface area contributed by atoms with Gasteiger partial charge in [0, 0.05) is 12.6 Å². The Morgan fingerprint density at radius 1 is 1.47 bits per heavy atom. The van der Waals surface area contributed by atoms with Gasteiger partial charge in [-0.05, 0) is 19.8 Å². The predicted octanol–water partition coefficient (Wildman–Crippen LogP) is 2.18. The average Bonchev–Trinajstić information content (AvgIpc) is 2.42. The summed E-state index contributed by atoms with van der Waals surface area (Å²) in [5.41, 5.74) is -0.810. The number of hydrogen-bond acceptors (Lipinski definition) is 5. The molecule has 1 rings (SSSR count). The van der Waals surface area contributed by atoms with Crippen molar-refractivity contribution in [2.75, 3.05) is 18.5 Å². The van der Waals surface area contributed by atoms with Crippen LogP contribution >= 0.6 is 0 Å². The van der Waals surface area contributed by atoms with Crippen LogP contribution in [0.4, 0.5) is 5.82 Å². The van der Waals surface area contributed by atoms with E-state index in [4.69, 9.17) is 4.74 Å². The first-order valence-electron chi connectivity index (χ1n) is 6.44. The molecular formula is C13H21N3O3. The molecule has 0 aliphatic carbocycles. The maximum atomic E-state index is 11.2. The zero-order chi connectivity index (χ0) is 14.3. The average molecular weight is 267 g/mol. The second-order valence-electron chi connectivity index (χ2n) is 4.66. The minimum atomic E-state index is -0.820. The second-order valence-corrected chi connectivity index (χ2v) is 4.66. The van der Waals surface area contributed by atoms with Gasteiger partial charge in [0.05, 0.1) is 12.0 Å². The number of nitrogens with one attached hydrogen (secondary N) is 1. The summed E-state index contributed by atoms with van der Waals surface area (Å²) in [7, 11) is 0. The van der Waals surface area contributed by atoms with Gasteiger partial charge in [-0.1, -0.05) is 13.8 Å². The Bertz CT molecular complexity index is 425. The topological polar surface area (TPSA) is 84.3 Å². The zero-order valence-electron chi connectivity index (χ0n) is 11.6. The third kappa shape index (κ3) is 4.39. The molecule has 0 aromatic carbocycles. The normalized spacial score (nSPS) is 13.6. The summed E-state index contributed by atoms with van der Waals surface area (Å²) in [4.78, 5) is 19.2. The third-order valence-corrected chi connectivity index (χ3v) is 3.05. The maximum Gasteiger partial charge on any atom is 0.311 e. The molecule has 0 fully saturated rings. The lowest BCUT2D eigenvalue weighted by Gasteiger charge is -2.23. The van der Waals surface area contributed by atoms with E-state index in [0.29, 0.717) is 31.3 Å². The Balaban J connectivity index is 2.64. The van der Waals surface area contributed by atoms with E-state index in [2.05, 4.69) is 15.3 Å². The van der Waals surface area contributed by atoms with Gasteiger partial charge in [0.1, 0.15) is 12.1 Å². The Morgan fingerprint density at radius 2 is 2.21 bits per heavy atom. The van der Waals surface area contributed by atoms with Crippen molar-refractivity contribution in [2.24, 2.45) is 5.41 Å². The molecule has 106 valence electrons. The van der Waals surface area contributed by atoms with Crippen LogP contribution in [0.25, 0.3) is 0 Å². The van der Waals surface area contributed by atoms with Crippen LogP contribution in [0.1, 0.15) is 33.6 Å². The highest BCUT2D eigenvalue weighted by atomic mass is 16.5. The van der Waals surface area contributed by atoms with Gasteiger partial charge in [0.15, 0.2) is 0 Å². The lowest BCUT2D eigenvalue weighted by Crippen LogP contribution is -2.34. The van der Waals surface area contributed by atoms with Gasteiger partial charge in [0.25, 0.3) is 0 Å². The van der Waals surface area contributed by atoms with Crippen molar-refractivity contribution in [3.63, 3.8) is 0 Å². The first-order chi connectivity index (χ1) is 9.01. The van der Waals surface area contributed by atoms with Crippen molar-refractivity contribution < 1.29 is 14.6 Å². The van der Waals surface area contributed by atoms with Crippen LogP contribution in [0.5, 0.6) is 5.88 Å². The fourth-order valence-corrected chi connectivity index (χ4v) is 1.36. The molecule has 0 amide bonds. The fourth-order valence-electron chi connectivity index (χ4n) is 1.36. The van der Waals surface area contributed by atoms with E-state index in [0.717, 1.165) is 6.42 Å². The molecular weight excluding hydrogens is 246 g/mol. The van der Waals surface area contributed by atoms with E-state index < -0.39 is 11.4 Å². The van der Waals surface area contributed by atoms with E-state index in [1.165, 1.54) is 6.33 Å². The number of rotatable bonds is 8. The van der Waals surface area contributed by atoms with Crippen LogP contribution in [-0.2, 0) is 4.79 Å². The Labute approximate surface area is 113 Å². The zero-order valence-corrected chi connectivity index (χ0v) is 11.6. The van der Waals surface area contributed by atoms with E-state index in [9.17, 15) is 9.90 Å². The number of carboxylic acids is 1. The van der Waals surface area contributed by atoms with Gasteiger partial charge in [0.2, 0.25) is 5.88 Å².